The Morgan fingerprint density at radius 2 is 1.20 bits per heavy atom. The lowest BCUT2D eigenvalue weighted by molar-refractivity contribution is -0.145. The Balaban J connectivity index is 4.24. The van der Waals surface area contributed by atoms with E-state index in [1.807, 2.05) is 0 Å². The molecule has 0 fully saturated rings. The fourth-order valence-electron chi connectivity index (χ4n) is 2.20. The van der Waals surface area contributed by atoms with Gasteiger partial charge < -0.3 is 9.47 Å². The maximum atomic E-state index is 11.7. The quantitative estimate of drug-likeness (QED) is 0.264. The van der Waals surface area contributed by atoms with Crippen molar-refractivity contribution >= 4 is 22.1 Å². The van der Waals surface area contributed by atoms with Crippen molar-refractivity contribution < 1.29 is 32.0 Å². The first kappa shape index (κ1) is 23.9. The van der Waals surface area contributed by atoms with Crippen LogP contribution in [0.5, 0.6) is 0 Å². The van der Waals surface area contributed by atoms with Gasteiger partial charge in [-0.05, 0) is 12.8 Å². The lowest BCUT2D eigenvalue weighted by atomic mass is 10.2. The maximum Gasteiger partial charge on any atom is 0.307 e. The molecular formula is C17H32O7S. The van der Waals surface area contributed by atoms with Gasteiger partial charge in [0.05, 0.1) is 26.1 Å². The van der Waals surface area contributed by atoms with Crippen LogP contribution in [0.2, 0.25) is 0 Å². The van der Waals surface area contributed by atoms with Crippen molar-refractivity contribution in [2.75, 3.05) is 13.2 Å². The molecule has 8 heteroatoms. The summed E-state index contributed by atoms with van der Waals surface area (Å²) in [6.45, 7) is 4.54. The monoisotopic (exact) mass is 380 g/mol. The van der Waals surface area contributed by atoms with Gasteiger partial charge in [-0.3, -0.25) is 14.1 Å². The molecule has 0 heterocycles. The fraction of sp³-hybridized carbons (Fsp3) is 0.882. The zero-order chi connectivity index (χ0) is 19.1. The third kappa shape index (κ3) is 13.8. The highest BCUT2D eigenvalue weighted by atomic mass is 32.2. The molecule has 0 spiro atoms. The summed E-state index contributed by atoms with van der Waals surface area (Å²) in [5.41, 5.74) is 0. The first-order valence-corrected chi connectivity index (χ1v) is 10.6. The van der Waals surface area contributed by atoms with Crippen LogP contribution in [0.1, 0.15) is 78.1 Å². The highest BCUT2D eigenvalue weighted by Crippen LogP contribution is 2.12. The van der Waals surface area contributed by atoms with Crippen LogP contribution in [0.25, 0.3) is 0 Å². The zero-order valence-electron chi connectivity index (χ0n) is 15.4. The lowest BCUT2D eigenvalue weighted by Gasteiger charge is -2.13. The molecule has 0 aliphatic rings. The summed E-state index contributed by atoms with van der Waals surface area (Å²) in [6.07, 6.45) is 6.33. The van der Waals surface area contributed by atoms with Gasteiger partial charge in [-0.15, -0.1) is 0 Å². The van der Waals surface area contributed by atoms with Gasteiger partial charge in [-0.1, -0.05) is 52.4 Å². The number of carbonyl (C=O) groups is 2. The van der Waals surface area contributed by atoms with Gasteiger partial charge in [0.2, 0.25) is 0 Å². The number of hydrogen-bond acceptors (Lipinski definition) is 6. The molecule has 0 bridgehead atoms. The summed E-state index contributed by atoms with van der Waals surface area (Å²) in [4.78, 5) is 23.4. The second kappa shape index (κ2) is 14.1. The van der Waals surface area contributed by atoms with Gasteiger partial charge in [-0.25, -0.2) is 0 Å². The minimum absolute atomic E-state index is 0.207. The predicted molar refractivity (Wildman–Crippen MR) is 94.8 cm³/mol. The summed E-state index contributed by atoms with van der Waals surface area (Å²) in [7, 11) is -4.54. The lowest BCUT2D eigenvalue weighted by Crippen LogP contribution is -2.28. The zero-order valence-corrected chi connectivity index (χ0v) is 16.2. The van der Waals surface area contributed by atoms with Crippen molar-refractivity contribution in [1.29, 1.82) is 0 Å². The van der Waals surface area contributed by atoms with E-state index in [-0.39, 0.29) is 13.2 Å². The second-order valence-corrected chi connectivity index (χ2v) is 7.80. The summed E-state index contributed by atoms with van der Waals surface area (Å²) in [5.74, 6) is -1.48. The molecule has 0 rings (SSSR count). The van der Waals surface area contributed by atoms with E-state index in [4.69, 9.17) is 9.47 Å². The Morgan fingerprint density at radius 1 is 0.800 bits per heavy atom. The first-order chi connectivity index (χ1) is 11.8. The van der Waals surface area contributed by atoms with Crippen LogP contribution in [0, 0.1) is 0 Å². The first-order valence-electron chi connectivity index (χ1n) is 9.08. The molecule has 0 atom stereocenters. The van der Waals surface area contributed by atoms with E-state index in [2.05, 4.69) is 13.8 Å². The number of hydrogen-bond donors (Lipinski definition) is 1. The predicted octanol–water partition coefficient (Wildman–Crippen LogP) is 3.27. The minimum Gasteiger partial charge on any atom is -0.466 e. The molecule has 7 nitrogen and oxygen atoms in total. The van der Waals surface area contributed by atoms with Crippen molar-refractivity contribution in [3.63, 3.8) is 0 Å². The second-order valence-electron chi connectivity index (χ2n) is 6.11. The van der Waals surface area contributed by atoms with Crippen molar-refractivity contribution in [1.82, 2.24) is 0 Å². The molecule has 0 aromatic heterocycles. The van der Waals surface area contributed by atoms with Gasteiger partial charge in [0.15, 0.2) is 0 Å². The van der Waals surface area contributed by atoms with E-state index in [9.17, 15) is 22.6 Å². The molecule has 0 aliphatic heterocycles. The summed E-state index contributed by atoms with van der Waals surface area (Å²) < 4.78 is 41.9. The van der Waals surface area contributed by atoms with Crippen molar-refractivity contribution in [3.8, 4) is 0 Å². The highest BCUT2D eigenvalue weighted by molar-refractivity contribution is 7.86. The molecule has 0 aromatic rings. The number of unbranched alkanes of at least 4 members (excludes halogenated alkanes) is 6. The van der Waals surface area contributed by atoms with Crippen LogP contribution < -0.4 is 0 Å². The standard InChI is InChI=1S/C17H32O7S/c1-3-5-7-9-11-23-16(18)13-15(25(20,21)22)14-17(19)24-12-10-8-6-4-2/h15H,3-14H2,1-2H3,(H,20,21,22). The summed E-state index contributed by atoms with van der Waals surface area (Å²) in [6, 6.07) is 0. The Bertz CT molecular complexity index is 445. The Hall–Kier alpha value is -1.15. The van der Waals surface area contributed by atoms with Gasteiger partial charge >= 0.3 is 11.9 Å². The Morgan fingerprint density at radius 3 is 1.52 bits per heavy atom. The van der Waals surface area contributed by atoms with Gasteiger partial charge in [0, 0.05) is 0 Å². The van der Waals surface area contributed by atoms with E-state index in [1.165, 1.54) is 0 Å². The third-order valence-electron chi connectivity index (χ3n) is 3.73. The van der Waals surface area contributed by atoms with Crippen molar-refractivity contribution in [2.45, 2.75) is 83.3 Å². The maximum absolute atomic E-state index is 11.7. The molecule has 0 saturated carbocycles. The average Bonchev–Trinajstić information content (AvgIpc) is 2.53. The molecule has 0 radical (unpaired) electrons. The van der Waals surface area contributed by atoms with Crippen molar-refractivity contribution in [2.24, 2.45) is 0 Å². The molecule has 0 saturated heterocycles. The third-order valence-corrected chi connectivity index (χ3v) is 4.91. The van der Waals surface area contributed by atoms with Crippen LogP contribution in [-0.2, 0) is 29.2 Å². The van der Waals surface area contributed by atoms with E-state index in [0.717, 1.165) is 38.5 Å². The Kier molecular flexibility index (Phi) is 13.4. The molecule has 148 valence electrons. The van der Waals surface area contributed by atoms with Gasteiger partial charge in [0.25, 0.3) is 10.1 Å². The average molecular weight is 381 g/mol. The van der Waals surface area contributed by atoms with E-state index in [0.29, 0.717) is 12.8 Å². The van der Waals surface area contributed by atoms with E-state index < -0.39 is 40.1 Å². The number of ether oxygens (including phenoxy) is 2. The topological polar surface area (TPSA) is 107 Å². The van der Waals surface area contributed by atoms with Crippen LogP contribution >= 0.6 is 0 Å². The van der Waals surface area contributed by atoms with Gasteiger partial charge in [-0.2, -0.15) is 8.42 Å². The minimum atomic E-state index is -4.54. The smallest absolute Gasteiger partial charge is 0.307 e. The molecule has 0 unspecified atom stereocenters. The number of esters is 2. The van der Waals surface area contributed by atoms with Crippen LogP contribution in [0.15, 0.2) is 0 Å². The summed E-state index contributed by atoms with van der Waals surface area (Å²) in [5, 5.41) is -1.53. The van der Waals surface area contributed by atoms with Crippen molar-refractivity contribution in [3.05, 3.63) is 0 Å². The summed E-state index contributed by atoms with van der Waals surface area (Å²) >= 11 is 0. The number of carbonyl (C=O) groups excluding carboxylic acids is 2. The SMILES string of the molecule is CCCCCCOC(=O)CC(CC(=O)OCCCCCC)S(=O)(=O)O. The normalized spacial score (nSPS) is 11.5. The number of rotatable bonds is 15. The van der Waals surface area contributed by atoms with Gasteiger partial charge in [0.1, 0.15) is 5.25 Å². The molecular weight excluding hydrogens is 348 g/mol. The van der Waals surface area contributed by atoms with E-state index in [1.54, 1.807) is 0 Å². The molecule has 0 amide bonds. The molecule has 0 aliphatic carbocycles. The fourth-order valence-corrected chi connectivity index (χ4v) is 2.90. The molecule has 25 heavy (non-hydrogen) atoms. The highest BCUT2D eigenvalue weighted by Gasteiger charge is 2.30. The van der Waals surface area contributed by atoms with Crippen LogP contribution in [-0.4, -0.2) is 43.4 Å². The van der Waals surface area contributed by atoms with E-state index >= 15 is 0 Å². The van der Waals surface area contributed by atoms with Crippen LogP contribution in [0.4, 0.5) is 0 Å². The largest absolute Gasteiger partial charge is 0.466 e. The Labute approximate surface area is 151 Å². The molecule has 1 N–H and O–H groups in total. The molecule has 0 aromatic carbocycles. The van der Waals surface area contributed by atoms with Crippen LogP contribution in [0.3, 0.4) is 0 Å².